The number of nitrogens with one attached hydrogen (secondary N) is 2. The largest absolute Gasteiger partial charge is 0.490 e. The predicted octanol–water partition coefficient (Wildman–Crippen LogP) is 3.95. The number of amides is 1. The Balaban J connectivity index is 1.60. The van der Waals surface area contributed by atoms with Gasteiger partial charge < -0.3 is 24.7 Å². The molecule has 32 heavy (non-hydrogen) atoms. The van der Waals surface area contributed by atoms with Crippen molar-refractivity contribution in [2.45, 2.75) is 32.8 Å². The molecule has 3 atom stereocenters. The van der Waals surface area contributed by atoms with Gasteiger partial charge in [-0.3, -0.25) is 4.79 Å². The first-order valence-electron chi connectivity index (χ1n) is 11.0. The lowest BCUT2D eigenvalue weighted by Crippen LogP contribution is -2.20. The first kappa shape index (κ1) is 22.1. The van der Waals surface area contributed by atoms with Gasteiger partial charge in [-0.15, -0.1) is 0 Å². The molecule has 4 rings (SSSR count). The SMILES string of the molecule is CCC(C)Oc1ccnc(OC)c1-c1c[nH]c2nc(NC(=O)C3CC3CN(C)C)ccc12. The standard InChI is InChI=1S/C24H31N5O3/c1-6-14(2)32-19-9-10-25-24(31-5)21(19)18-12-26-22-16(18)7-8-20(27-22)28-23(30)17-11-15(17)13-29(3)4/h7-10,12,14-15,17H,6,11,13H2,1-5H3,(H2,26,27,28,30). The van der Waals surface area contributed by atoms with Crippen LogP contribution in [0.4, 0.5) is 5.82 Å². The van der Waals surface area contributed by atoms with Crippen LogP contribution in [0.1, 0.15) is 26.7 Å². The fourth-order valence-corrected chi connectivity index (χ4v) is 3.97. The molecule has 3 aromatic rings. The van der Waals surface area contributed by atoms with E-state index in [1.54, 1.807) is 13.3 Å². The summed E-state index contributed by atoms with van der Waals surface area (Å²) in [4.78, 5) is 26.9. The number of hydrogen-bond donors (Lipinski definition) is 2. The number of pyridine rings is 2. The Morgan fingerprint density at radius 1 is 1.34 bits per heavy atom. The van der Waals surface area contributed by atoms with Crippen LogP contribution >= 0.6 is 0 Å². The predicted molar refractivity (Wildman–Crippen MR) is 125 cm³/mol. The number of ether oxygens (including phenoxy) is 2. The summed E-state index contributed by atoms with van der Waals surface area (Å²) in [5.41, 5.74) is 2.35. The summed E-state index contributed by atoms with van der Waals surface area (Å²) in [6, 6.07) is 5.64. The summed E-state index contributed by atoms with van der Waals surface area (Å²) in [6.45, 7) is 5.04. The van der Waals surface area contributed by atoms with Gasteiger partial charge in [-0.25, -0.2) is 9.97 Å². The Morgan fingerprint density at radius 2 is 2.16 bits per heavy atom. The van der Waals surface area contributed by atoms with E-state index in [0.717, 1.165) is 35.9 Å². The summed E-state index contributed by atoms with van der Waals surface area (Å²) < 4.78 is 11.7. The lowest BCUT2D eigenvalue weighted by molar-refractivity contribution is -0.117. The van der Waals surface area contributed by atoms with Crippen LogP contribution in [0.25, 0.3) is 22.2 Å². The monoisotopic (exact) mass is 437 g/mol. The van der Waals surface area contributed by atoms with Crippen LogP contribution in [0, 0.1) is 11.8 Å². The van der Waals surface area contributed by atoms with Gasteiger partial charge in [0.1, 0.15) is 17.2 Å². The van der Waals surface area contributed by atoms with Crippen molar-refractivity contribution in [1.82, 2.24) is 19.9 Å². The number of aromatic nitrogens is 3. The van der Waals surface area contributed by atoms with Crippen LogP contribution in [0.3, 0.4) is 0 Å². The van der Waals surface area contributed by atoms with Gasteiger partial charge in [-0.2, -0.15) is 0 Å². The van der Waals surface area contributed by atoms with Crippen LogP contribution in [-0.4, -0.2) is 59.6 Å². The third kappa shape index (κ3) is 4.55. The highest BCUT2D eigenvalue weighted by Gasteiger charge is 2.43. The molecule has 170 valence electrons. The molecule has 0 radical (unpaired) electrons. The van der Waals surface area contributed by atoms with Crippen molar-refractivity contribution in [2.75, 3.05) is 33.1 Å². The van der Waals surface area contributed by atoms with E-state index in [4.69, 9.17) is 9.47 Å². The normalized spacial score (nSPS) is 18.6. The Hall–Kier alpha value is -3.13. The summed E-state index contributed by atoms with van der Waals surface area (Å²) in [5.74, 6) is 2.27. The number of methoxy groups -OCH3 is 1. The van der Waals surface area contributed by atoms with E-state index in [2.05, 4.69) is 32.1 Å². The van der Waals surface area contributed by atoms with E-state index in [-0.39, 0.29) is 17.9 Å². The van der Waals surface area contributed by atoms with E-state index in [1.165, 1.54) is 0 Å². The summed E-state index contributed by atoms with van der Waals surface area (Å²) in [5, 5.41) is 3.87. The number of nitrogens with zero attached hydrogens (tertiary/aromatic N) is 3. The molecule has 0 aliphatic heterocycles. The first-order valence-corrected chi connectivity index (χ1v) is 11.0. The summed E-state index contributed by atoms with van der Waals surface area (Å²) in [7, 11) is 5.66. The van der Waals surface area contributed by atoms with E-state index in [9.17, 15) is 4.79 Å². The lowest BCUT2D eigenvalue weighted by Gasteiger charge is -2.17. The van der Waals surface area contributed by atoms with Gasteiger partial charge >= 0.3 is 0 Å². The zero-order valence-electron chi connectivity index (χ0n) is 19.3. The molecule has 0 spiro atoms. The van der Waals surface area contributed by atoms with Gasteiger partial charge in [0.25, 0.3) is 0 Å². The molecule has 3 heterocycles. The van der Waals surface area contributed by atoms with E-state index < -0.39 is 0 Å². The molecule has 3 unspecified atom stereocenters. The van der Waals surface area contributed by atoms with Gasteiger partial charge in [-0.05, 0) is 58.0 Å². The molecular weight excluding hydrogens is 406 g/mol. The third-order valence-corrected chi connectivity index (χ3v) is 5.89. The first-order chi connectivity index (χ1) is 15.4. The number of rotatable bonds is 9. The maximum Gasteiger partial charge on any atom is 0.228 e. The molecule has 1 aliphatic carbocycles. The fourth-order valence-electron chi connectivity index (χ4n) is 3.97. The van der Waals surface area contributed by atoms with Crippen LogP contribution in [-0.2, 0) is 4.79 Å². The van der Waals surface area contributed by atoms with E-state index >= 15 is 0 Å². The average molecular weight is 438 g/mol. The number of carbonyl (C=O) groups is 1. The number of carbonyl (C=O) groups excluding carboxylic acids is 1. The van der Waals surface area contributed by atoms with Gasteiger partial charge in [0, 0.05) is 35.8 Å². The van der Waals surface area contributed by atoms with Crippen LogP contribution < -0.4 is 14.8 Å². The van der Waals surface area contributed by atoms with E-state index in [1.807, 2.05) is 45.4 Å². The van der Waals surface area contributed by atoms with Crippen molar-refractivity contribution < 1.29 is 14.3 Å². The number of aromatic amines is 1. The highest BCUT2D eigenvalue weighted by atomic mass is 16.5. The second-order valence-corrected chi connectivity index (χ2v) is 8.68. The van der Waals surface area contributed by atoms with Crippen molar-refractivity contribution in [1.29, 1.82) is 0 Å². The molecular formula is C24H31N5O3. The Bertz CT molecular complexity index is 1110. The number of H-pyrrole nitrogens is 1. The fraction of sp³-hybridized carbons (Fsp3) is 0.458. The molecule has 0 aromatic carbocycles. The highest BCUT2D eigenvalue weighted by Crippen LogP contribution is 2.42. The number of anilines is 1. The number of hydrogen-bond acceptors (Lipinski definition) is 6. The second kappa shape index (κ2) is 9.16. The summed E-state index contributed by atoms with van der Waals surface area (Å²) in [6.07, 6.45) is 5.44. The lowest BCUT2D eigenvalue weighted by atomic mass is 10.1. The molecule has 1 saturated carbocycles. The molecule has 1 aliphatic rings. The average Bonchev–Trinajstić information content (AvgIpc) is 3.41. The molecule has 1 fully saturated rings. The van der Waals surface area contributed by atoms with Gasteiger partial charge in [0.15, 0.2) is 0 Å². The molecule has 8 nitrogen and oxygen atoms in total. The smallest absolute Gasteiger partial charge is 0.228 e. The minimum Gasteiger partial charge on any atom is -0.490 e. The maximum absolute atomic E-state index is 12.6. The molecule has 0 bridgehead atoms. The minimum atomic E-state index is 0.0358. The van der Waals surface area contributed by atoms with Gasteiger partial charge in [0.2, 0.25) is 11.8 Å². The number of fused-ring (bicyclic) bond motifs is 1. The quantitative estimate of drug-likeness (QED) is 0.527. The highest BCUT2D eigenvalue weighted by molar-refractivity contribution is 5.99. The topological polar surface area (TPSA) is 92.4 Å². The van der Waals surface area contributed by atoms with Gasteiger partial charge in [-0.1, -0.05) is 6.92 Å². The molecule has 2 N–H and O–H groups in total. The van der Waals surface area contributed by atoms with Crippen molar-refractivity contribution in [3.05, 3.63) is 30.6 Å². The summed E-state index contributed by atoms with van der Waals surface area (Å²) >= 11 is 0. The maximum atomic E-state index is 12.6. The van der Waals surface area contributed by atoms with Crippen molar-refractivity contribution in [3.63, 3.8) is 0 Å². The van der Waals surface area contributed by atoms with Crippen LogP contribution in [0.15, 0.2) is 30.6 Å². The Morgan fingerprint density at radius 3 is 2.88 bits per heavy atom. The Kier molecular flexibility index (Phi) is 6.32. The zero-order valence-corrected chi connectivity index (χ0v) is 19.3. The van der Waals surface area contributed by atoms with Crippen molar-refractivity contribution >= 4 is 22.8 Å². The second-order valence-electron chi connectivity index (χ2n) is 8.68. The zero-order chi connectivity index (χ0) is 22.8. The van der Waals surface area contributed by atoms with Crippen LogP contribution in [0.5, 0.6) is 11.6 Å². The molecule has 3 aromatic heterocycles. The molecule has 1 amide bonds. The minimum absolute atomic E-state index is 0.0358. The molecule has 0 saturated heterocycles. The van der Waals surface area contributed by atoms with E-state index in [0.29, 0.717) is 29.0 Å². The van der Waals surface area contributed by atoms with Crippen LogP contribution in [0.2, 0.25) is 0 Å². The Labute approximate surface area is 188 Å². The van der Waals surface area contributed by atoms with Gasteiger partial charge in [0.05, 0.1) is 18.8 Å². The molecule has 8 heteroatoms. The van der Waals surface area contributed by atoms with Crippen molar-refractivity contribution in [2.24, 2.45) is 11.8 Å². The third-order valence-electron chi connectivity index (χ3n) is 5.89. The van der Waals surface area contributed by atoms with Crippen molar-refractivity contribution in [3.8, 4) is 22.8 Å².